The number of nitriles is 2. The van der Waals surface area contributed by atoms with Gasteiger partial charge in [-0.1, -0.05) is 74.3 Å². The number of hydrogen-bond acceptors (Lipinski definition) is 19. The summed E-state index contributed by atoms with van der Waals surface area (Å²) in [6.45, 7) is 58.4. The molecule has 522 valence electrons. The van der Waals surface area contributed by atoms with Crippen LogP contribution in [-0.4, -0.2) is 154 Å². The summed E-state index contributed by atoms with van der Waals surface area (Å²) in [4.78, 5) is 58.6. The molecule has 0 saturated carbocycles. The Labute approximate surface area is 573 Å². The molecule has 4 aliphatic rings. The van der Waals surface area contributed by atoms with Crippen molar-refractivity contribution in [2.45, 2.75) is 186 Å². The molecule has 0 saturated heterocycles. The van der Waals surface area contributed by atoms with E-state index < -0.39 is 112 Å². The number of benzene rings is 2. The maximum absolute atomic E-state index is 12.8. The normalized spacial score (nSPS) is 16.4. The number of rotatable bonds is 33. The molecule has 0 N–H and O–H groups in total. The van der Waals surface area contributed by atoms with E-state index in [0.717, 1.165) is 73.5 Å². The van der Waals surface area contributed by atoms with Crippen LogP contribution in [0.4, 0.5) is 0 Å². The Balaban J connectivity index is 0.000000628. The summed E-state index contributed by atoms with van der Waals surface area (Å²) in [6.07, 6.45) is 7.63. The lowest BCUT2D eigenvalue weighted by Crippen LogP contribution is -2.52. The first-order chi connectivity index (χ1) is 43.5. The number of methoxy groups -OCH3 is 2. The zero-order valence-electron chi connectivity index (χ0n) is 60.0. The number of ether oxygens (including phenoxy) is 6. The SMILES string of the molecule is C=CCOC(=O)C1(C#N)CC2c3ccccc3C1c1ccccc12.COCCC[Si](C)(C)O[Si](C)(C)O[Si](C)(C)CCCOC.C[SiH](C)O[Si](C)(C)O[SiH](C)C.O=C1C=CC(=O)O1.[C-]#[N+]C(=C)C(=O)OCCC[Si](C)(C)O[Si](C)(C)O[Si](C)(C)CCCOC(=O)C(=C)C#N. The van der Waals surface area contributed by atoms with Gasteiger partial charge in [0, 0.05) is 51.4 Å². The number of nitrogens with zero attached hydrogens (tertiary/aromatic N) is 3. The average Bonchev–Trinajstić information content (AvgIpc) is 0.724. The maximum Gasteiger partial charge on any atom is 0.348 e. The number of carbonyl (C=O) groups excluding carboxylic acids is 5. The van der Waals surface area contributed by atoms with Crippen LogP contribution in [0.15, 0.2) is 97.8 Å². The van der Waals surface area contributed by atoms with Crippen LogP contribution in [0.5, 0.6) is 0 Å². The third-order valence-corrected chi connectivity index (χ3v) is 45.5. The third kappa shape index (κ3) is 32.9. The fourth-order valence-corrected chi connectivity index (χ4v) is 49.4. The number of esters is 5. The van der Waals surface area contributed by atoms with E-state index >= 15 is 0 Å². The van der Waals surface area contributed by atoms with Crippen molar-refractivity contribution < 1.29 is 77.1 Å². The van der Waals surface area contributed by atoms with Gasteiger partial charge >= 0.3 is 55.5 Å². The Morgan fingerprint density at radius 2 is 0.968 bits per heavy atom. The molecule has 2 aromatic carbocycles. The Morgan fingerprint density at radius 3 is 1.28 bits per heavy atom. The van der Waals surface area contributed by atoms with Crippen molar-refractivity contribution in [3.05, 3.63) is 131 Å². The van der Waals surface area contributed by atoms with Gasteiger partial charge in [-0.25, -0.2) is 19.2 Å². The van der Waals surface area contributed by atoms with Crippen LogP contribution in [-0.2, 0) is 77.1 Å². The number of cyclic esters (lactones) is 2. The van der Waals surface area contributed by atoms with Crippen molar-refractivity contribution in [1.82, 2.24) is 0 Å². The molecular formula is C65H109N3O17Si9. The van der Waals surface area contributed by atoms with E-state index in [1.54, 1.807) is 20.3 Å². The van der Waals surface area contributed by atoms with Gasteiger partial charge in [-0.05, 0) is 196 Å². The van der Waals surface area contributed by atoms with Gasteiger partial charge in [0.2, 0.25) is 0 Å². The molecule has 1 aliphatic heterocycles. The molecule has 0 amide bonds. The van der Waals surface area contributed by atoms with E-state index in [2.05, 4.69) is 152 Å². The molecule has 2 aromatic rings. The molecule has 0 radical (unpaired) electrons. The molecule has 29 heteroatoms. The van der Waals surface area contributed by atoms with Crippen molar-refractivity contribution >= 4 is 107 Å². The van der Waals surface area contributed by atoms with E-state index in [1.807, 2.05) is 49.5 Å². The summed E-state index contributed by atoms with van der Waals surface area (Å²) in [7, 11) is -11.8. The molecule has 20 nitrogen and oxygen atoms in total. The number of carbonyl (C=O) groups is 5. The Kier molecular flexibility index (Phi) is 37.7. The fourth-order valence-electron chi connectivity index (χ4n) is 11.6. The van der Waals surface area contributed by atoms with Crippen molar-refractivity contribution in [3.63, 3.8) is 0 Å². The Hall–Kier alpha value is -4.95. The predicted octanol–water partition coefficient (Wildman–Crippen LogP) is 13.9. The van der Waals surface area contributed by atoms with Gasteiger partial charge in [0.25, 0.3) is 5.70 Å². The lowest BCUT2D eigenvalue weighted by Gasteiger charge is -2.48. The minimum Gasteiger partial charge on any atom is -0.471 e. The summed E-state index contributed by atoms with van der Waals surface area (Å²) in [5.74, 6) is -3.18. The molecule has 1 atom stereocenters. The average molecular weight is 1460 g/mol. The summed E-state index contributed by atoms with van der Waals surface area (Å²) in [6, 6.07) is 24.1. The second kappa shape index (κ2) is 40.7. The second-order valence-electron chi connectivity index (χ2n) is 27.3. The van der Waals surface area contributed by atoms with Crippen LogP contribution in [0.1, 0.15) is 66.2 Å². The van der Waals surface area contributed by atoms with Crippen LogP contribution < -0.4 is 0 Å². The lowest BCUT2D eigenvalue weighted by atomic mass is 9.52. The summed E-state index contributed by atoms with van der Waals surface area (Å²) >= 11 is 0. The smallest absolute Gasteiger partial charge is 0.348 e. The van der Waals surface area contributed by atoms with E-state index in [0.29, 0.717) is 19.3 Å². The standard InChI is InChI=1S/C21H17NO2.C20H34N2O6Si3.C14H36O4Si3.C6H20O2Si3.C4H2O3/c1-2-11-24-20(23)21(13-22)12-18-14-7-3-5-9-16(14)19(21)17-10-6-4-8-15(17)18;1-17(16-21)19(23)25-12-10-14-29(4,5)27-31(8,9)28-30(6,7)15-11-13-26-20(24)18(2)22-3;1-15-11-9-13-19(3,4)17-21(7,8)18-20(5,6)14-10-12-16-2;1-9(2)7-11(5,6)8-10(3)4;5-3-1-2-4(6)7-3/h2-10,18-19H,1,11-12H2;1-2,10-15H2,4-9H3;9-14H2,1-8H3;9-10H,1-6H3;1-2H. The van der Waals surface area contributed by atoms with Crippen molar-refractivity contribution in [2.24, 2.45) is 5.41 Å². The van der Waals surface area contributed by atoms with Gasteiger partial charge in [-0.15, -0.1) is 0 Å². The lowest BCUT2D eigenvalue weighted by molar-refractivity contribution is -0.153. The highest BCUT2D eigenvalue weighted by Gasteiger charge is 2.58. The van der Waals surface area contributed by atoms with E-state index in [4.69, 9.17) is 60.2 Å². The summed E-state index contributed by atoms with van der Waals surface area (Å²) in [5.41, 5.74) is 3.01. The second-order valence-corrected chi connectivity index (χ2v) is 61.1. The van der Waals surface area contributed by atoms with Gasteiger partial charge in [0.1, 0.15) is 18.2 Å². The monoisotopic (exact) mass is 1460 g/mol. The molecule has 3 aliphatic carbocycles. The van der Waals surface area contributed by atoms with Crippen LogP contribution in [0.2, 0.25) is 142 Å². The molecule has 1 unspecified atom stereocenters. The molecular weight excluding hydrogens is 1350 g/mol. The molecule has 1 heterocycles. The van der Waals surface area contributed by atoms with Crippen LogP contribution in [0, 0.1) is 34.6 Å². The van der Waals surface area contributed by atoms with Gasteiger partial charge in [0.05, 0.1) is 25.9 Å². The minimum atomic E-state index is -2.39. The quantitative estimate of drug-likeness (QED) is 0.00741. The third-order valence-electron chi connectivity index (χ3n) is 14.3. The first-order valence-corrected chi connectivity index (χ1v) is 58.4. The largest absolute Gasteiger partial charge is 0.471 e. The van der Waals surface area contributed by atoms with Gasteiger partial charge in [-0.2, -0.15) is 10.5 Å². The zero-order valence-corrected chi connectivity index (χ0v) is 69.3. The van der Waals surface area contributed by atoms with Gasteiger partial charge in [-0.3, -0.25) is 9.59 Å². The van der Waals surface area contributed by atoms with Crippen molar-refractivity contribution in [1.29, 1.82) is 10.5 Å². The first-order valence-electron chi connectivity index (χ1n) is 32.0. The van der Waals surface area contributed by atoms with Crippen molar-refractivity contribution in [2.75, 3.05) is 47.3 Å². The summed E-state index contributed by atoms with van der Waals surface area (Å²) < 4.78 is 67.3. The van der Waals surface area contributed by atoms with Gasteiger partial charge in [0.15, 0.2) is 56.8 Å². The van der Waals surface area contributed by atoms with Crippen LogP contribution in [0.25, 0.3) is 4.85 Å². The molecule has 0 spiro atoms. The highest BCUT2D eigenvalue weighted by Crippen LogP contribution is 2.61. The molecule has 0 aromatic heterocycles. The van der Waals surface area contributed by atoms with E-state index in [1.165, 1.54) is 17.2 Å². The van der Waals surface area contributed by atoms with Crippen LogP contribution in [0.3, 0.4) is 0 Å². The predicted molar refractivity (Wildman–Crippen MR) is 391 cm³/mol. The van der Waals surface area contributed by atoms with Crippen molar-refractivity contribution in [3.8, 4) is 12.1 Å². The topological polar surface area (TPSA) is 248 Å². The highest BCUT2D eigenvalue weighted by molar-refractivity contribution is 6.88. The highest BCUT2D eigenvalue weighted by atomic mass is 28.5. The summed E-state index contributed by atoms with van der Waals surface area (Å²) in [5, 5.41) is 18.6. The minimum absolute atomic E-state index is 0.0540. The Morgan fingerprint density at radius 1 is 0.606 bits per heavy atom. The molecule has 0 fully saturated rings. The maximum atomic E-state index is 12.8. The van der Waals surface area contributed by atoms with Crippen LogP contribution >= 0.6 is 0 Å². The zero-order chi connectivity index (χ0) is 71.9. The first kappa shape index (κ1) is 87.1. The fraction of sp³-hybridized carbons (Fsp3) is 0.569. The molecule has 6 rings (SSSR count). The Bertz CT molecular complexity index is 2840. The number of hydrogen-bond donors (Lipinski definition) is 0. The number of fused-ring (bicyclic) bond motifs is 1. The molecule has 94 heavy (non-hydrogen) atoms. The van der Waals surface area contributed by atoms with Gasteiger partial charge < -0.3 is 53.1 Å². The molecule has 2 bridgehead atoms. The van der Waals surface area contributed by atoms with E-state index in [-0.39, 0.29) is 42.9 Å². The van der Waals surface area contributed by atoms with E-state index in [9.17, 15) is 29.2 Å².